The van der Waals surface area contributed by atoms with Gasteiger partial charge in [-0.25, -0.2) is 4.98 Å². The Morgan fingerprint density at radius 3 is 2.89 bits per heavy atom. The van der Waals surface area contributed by atoms with Crippen LogP contribution in [0.3, 0.4) is 0 Å². The molecule has 0 atom stereocenters. The van der Waals surface area contributed by atoms with Crippen molar-refractivity contribution in [1.29, 1.82) is 0 Å². The van der Waals surface area contributed by atoms with Gasteiger partial charge in [-0.15, -0.1) is 0 Å². The van der Waals surface area contributed by atoms with E-state index < -0.39 is 0 Å². The van der Waals surface area contributed by atoms with Crippen molar-refractivity contribution in [2.45, 2.75) is 6.54 Å². The summed E-state index contributed by atoms with van der Waals surface area (Å²) in [4.78, 5) is 8.30. The fourth-order valence-electron chi connectivity index (χ4n) is 1.74. The Kier molecular flexibility index (Phi) is 2.53. The molecule has 0 aliphatic rings. The second-order valence-corrected chi connectivity index (χ2v) is 3.87. The fourth-order valence-corrected chi connectivity index (χ4v) is 1.74. The molecule has 0 saturated carbocycles. The van der Waals surface area contributed by atoms with Crippen LogP contribution in [-0.2, 0) is 6.54 Å². The van der Waals surface area contributed by atoms with Gasteiger partial charge in [0.2, 0.25) is 5.95 Å². The lowest BCUT2D eigenvalue weighted by Crippen LogP contribution is -2.08. The molecule has 0 aliphatic heterocycles. The highest BCUT2D eigenvalue weighted by Crippen LogP contribution is 2.11. The summed E-state index contributed by atoms with van der Waals surface area (Å²) in [6.45, 7) is 0.659. The Morgan fingerprint density at radius 2 is 2.06 bits per heavy atom. The zero-order valence-corrected chi connectivity index (χ0v) is 9.61. The Labute approximate surface area is 103 Å². The van der Waals surface area contributed by atoms with E-state index in [-0.39, 0.29) is 0 Å². The number of nitrogens with two attached hydrogens (primary N) is 1. The van der Waals surface area contributed by atoms with E-state index in [0.29, 0.717) is 24.0 Å². The molecule has 0 amide bonds. The summed E-state index contributed by atoms with van der Waals surface area (Å²) in [5.41, 5.74) is 7.56. The SMILES string of the molecule is Nc1cc2ncnn2c(NCc2ccccc2)n1. The smallest absolute Gasteiger partial charge is 0.228 e. The van der Waals surface area contributed by atoms with Crippen LogP contribution in [0.2, 0.25) is 0 Å². The van der Waals surface area contributed by atoms with Gasteiger partial charge in [-0.05, 0) is 5.56 Å². The van der Waals surface area contributed by atoms with Crippen molar-refractivity contribution in [1.82, 2.24) is 19.6 Å². The Balaban J connectivity index is 1.88. The molecule has 0 spiro atoms. The monoisotopic (exact) mass is 240 g/mol. The number of hydrogen-bond donors (Lipinski definition) is 2. The first-order chi connectivity index (χ1) is 8.83. The maximum absolute atomic E-state index is 5.72. The molecule has 1 aromatic carbocycles. The molecule has 6 nitrogen and oxygen atoms in total. The van der Waals surface area contributed by atoms with Gasteiger partial charge in [0.05, 0.1) is 0 Å². The van der Waals surface area contributed by atoms with Crippen molar-refractivity contribution in [3.8, 4) is 0 Å². The molecule has 0 radical (unpaired) electrons. The summed E-state index contributed by atoms with van der Waals surface area (Å²) in [5, 5.41) is 7.30. The molecule has 90 valence electrons. The van der Waals surface area contributed by atoms with Crippen LogP contribution in [0.4, 0.5) is 11.8 Å². The Hall–Kier alpha value is -2.63. The van der Waals surface area contributed by atoms with Gasteiger partial charge in [0.25, 0.3) is 0 Å². The van der Waals surface area contributed by atoms with Gasteiger partial charge in [0.15, 0.2) is 5.65 Å². The molecule has 3 rings (SSSR count). The predicted molar refractivity (Wildman–Crippen MR) is 69.0 cm³/mol. The van der Waals surface area contributed by atoms with E-state index in [9.17, 15) is 0 Å². The van der Waals surface area contributed by atoms with Crippen LogP contribution in [0.1, 0.15) is 5.56 Å². The van der Waals surface area contributed by atoms with E-state index in [1.807, 2.05) is 30.3 Å². The summed E-state index contributed by atoms with van der Waals surface area (Å²) < 4.78 is 1.62. The summed E-state index contributed by atoms with van der Waals surface area (Å²) in [7, 11) is 0. The maximum atomic E-state index is 5.72. The largest absolute Gasteiger partial charge is 0.383 e. The molecule has 6 heteroatoms. The van der Waals surface area contributed by atoms with Crippen molar-refractivity contribution in [2.75, 3.05) is 11.1 Å². The first-order valence-corrected chi connectivity index (χ1v) is 5.57. The molecule has 3 N–H and O–H groups in total. The molecular weight excluding hydrogens is 228 g/mol. The second-order valence-electron chi connectivity index (χ2n) is 3.87. The highest BCUT2D eigenvalue weighted by molar-refractivity contribution is 5.52. The Bertz CT molecular complexity index is 661. The first-order valence-electron chi connectivity index (χ1n) is 5.57. The summed E-state index contributed by atoms with van der Waals surface area (Å²) in [6, 6.07) is 11.7. The van der Waals surface area contributed by atoms with Gasteiger partial charge >= 0.3 is 0 Å². The van der Waals surface area contributed by atoms with Gasteiger partial charge in [-0.2, -0.15) is 14.6 Å². The number of nitrogens with one attached hydrogen (secondary N) is 1. The molecule has 0 unspecified atom stereocenters. The molecule has 2 aromatic heterocycles. The maximum Gasteiger partial charge on any atom is 0.228 e. The van der Waals surface area contributed by atoms with Crippen molar-refractivity contribution in [3.63, 3.8) is 0 Å². The van der Waals surface area contributed by atoms with Crippen LogP contribution in [0.5, 0.6) is 0 Å². The highest BCUT2D eigenvalue weighted by Gasteiger charge is 2.05. The van der Waals surface area contributed by atoms with Crippen molar-refractivity contribution in [3.05, 3.63) is 48.3 Å². The van der Waals surface area contributed by atoms with Crippen LogP contribution in [0.25, 0.3) is 5.65 Å². The van der Waals surface area contributed by atoms with E-state index in [4.69, 9.17) is 5.73 Å². The van der Waals surface area contributed by atoms with E-state index in [2.05, 4.69) is 20.4 Å². The molecule has 0 saturated heterocycles. The molecule has 0 aliphatic carbocycles. The molecule has 2 heterocycles. The van der Waals surface area contributed by atoms with Gasteiger partial charge in [-0.3, -0.25) is 0 Å². The van der Waals surface area contributed by atoms with Crippen LogP contribution in [-0.4, -0.2) is 19.6 Å². The molecule has 0 fully saturated rings. The highest BCUT2D eigenvalue weighted by atomic mass is 15.4. The topological polar surface area (TPSA) is 81.1 Å². The Morgan fingerprint density at radius 1 is 1.22 bits per heavy atom. The number of fused-ring (bicyclic) bond motifs is 1. The zero-order valence-electron chi connectivity index (χ0n) is 9.61. The fraction of sp³-hybridized carbons (Fsp3) is 0.0833. The van der Waals surface area contributed by atoms with E-state index in [0.717, 1.165) is 5.56 Å². The number of hydrogen-bond acceptors (Lipinski definition) is 5. The minimum absolute atomic E-state index is 0.422. The average Bonchev–Trinajstić information content (AvgIpc) is 2.85. The normalized spacial score (nSPS) is 10.7. The van der Waals surface area contributed by atoms with Crippen LogP contribution in [0, 0.1) is 0 Å². The summed E-state index contributed by atoms with van der Waals surface area (Å²) >= 11 is 0. The third-order valence-electron chi connectivity index (χ3n) is 2.58. The van der Waals surface area contributed by atoms with Crippen LogP contribution >= 0.6 is 0 Å². The number of nitrogens with zero attached hydrogens (tertiary/aromatic N) is 4. The van der Waals surface area contributed by atoms with E-state index in [1.165, 1.54) is 6.33 Å². The second kappa shape index (κ2) is 4.33. The number of nitrogen functional groups attached to an aromatic ring is 1. The minimum atomic E-state index is 0.422. The number of rotatable bonds is 3. The summed E-state index contributed by atoms with van der Waals surface area (Å²) in [6.07, 6.45) is 1.48. The van der Waals surface area contributed by atoms with E-state index in [1.54, 1.807) is 10.6 Å². The number of anilines is 2. The molecular formula is C12H12N6. The van der Waals surface area contributed by atoms with Crippen molar-refractivity contribution in [2.24, 2.45) is 0 Å². The molecule has 3 aromatic rings. The molecule has 18 heavy (non-hydrogen) atoms. The van der Waals surface area contributed by atoms with Gasteiger partial charge in [-0.1, -0.05) is 30.3 Å². The number of aromatic nitrogens is 4. The third kappa shape index (κ3) is 1.95. The van der Waals surface area contributed by atoms with Crippen LogP contribution in [0.15, 0.2) is 42.7 Å². The van der Waals surface area contributed by atoms with Crippen LogP contribution < -0.4 is 11.1 Å². The zero-order chi connectivity index (χ0) is 12.4. The standard InChI is InChI=1S/C12H12N6/c13-10-6-11-15-8-16-18(11)12(17-10)14-7-9-4-2-1-3-5-9/h1-6,8H,7,13H2,(H,14,17). The lowest BCUT2D eigenvalue weighted by atomic mass is 10.2. The van der Waals surface area contributed by atoms with E-state index >= 15 is 0 Å². The van der Waals surface area contributed by atoms with Crippen molar-refractivity contribution >= 4 is 17.4 Å². The average molecular weight is 240 g/mol. The van der Waals surface area contributed by atoms with Gasteiger partial charge in [0.1, 0.15) is 12.1 Å². The number of benzene rings is 1. The first kappa shape index (κ1) is 10.5. The van der Waals surface area contributed by atoms with Crippen molar-refractivity contribution < 1.29 is 0 Å². The molecule has 0 bridgehead atoms. The van der Waals surface area contributed by atoms with Gasteiger partial charge in [0, 0.05) is 12.6 Å². The minimum Gasteiger partial charge on any atom is -0.383 e. The predicted octanol–water partition coefficient (Wildman–Crippen LogP) is 1.32. The lowest BCUT2D eigenvalue weighted by molar-refractivity contribution is 0.909. The lowest BCUT2D eigenvalue weighted by Gasteiger charge is -2.07. The van der Waals surface area contributed by atoms with Gasteiger partial charge < -0.3 is 11.1 Å². The third-order valence-corrected chi connectivity index (χ3v) is 2.58. The quantitative estimate of drug-likeness (QED) is 0.721. The summed E-state index contributed by atoms with van der Waals surface area (Å²) in [5.74, 6) is 1.01.